The van der Waals surface area contributed by atoms with Crippen molar-refractivity contribution in [3.8, 4) is 5.75 Å². The minimum atomic E-state index is 0. The minimum Gasteiger partial charge on any atom is -0.496 e. The third kappa shape index (κ3) is 6.80. The number of aliphatic imine (C=N–C) groups is 1. The number of para-hydroxylation sites is 1. The lowest BCUT2D eigenvalue weighted by Gasteiger charge is -2.27. The van der Waals surface area contributed by atoms with Crippen LogP contribution in [0.3, 0.4) is 0 Å². The SMILES string of the molecule is CCNC(=NCC(c1ccccc1OC)N(C)C)N1CCC(COC)C1.I. The highest BCUT2D eigenvalue weighted by Crippen LogP contribution is 2.28. The Kier molecular flexibility index (Phi) is 11.0. The Hall–Kier alpha value is -1.06. The molecular weight excluding hydrogens is 455 g/mol. The maximum atomic E-state index is 5.56. The summed E-state index contributed by atoms with van der Waals surface area (Å²) in [6.07, 6.45) is 1.15. The van der Waals surface area contributed by atoms with Gasteiger partial charge < -0.3 is 24.6 Å². The van der Waals surface area contributed by atoms with Gasteiger partial charge in [0.05, 0.1) is 26.3 Å². The van der Waals surface area contributed by atoms with E-state index >= 15 is 0 Å². The molecule has 0 saturated carbocycles. The Balaban J connectivity index is 0.00000364. The molecule has 7 heteroatoms. The second-order valence-electron chi connectivity index (χ2n) is 6.97. The first-order valence-corrected chi connectivity index (χ1v) is 9.42. The van der Waals surface area contributed by atoms with E-state index in [4.69, 9.17) is 14.5 Å². The van der Waals surface area contributed by atoms with Crippen molar-refractivity contribution in [1.29, 1.82) is 0 Å². The number of benzene rings is 1. The second-order valence-corrected chi connectivity index (χ2v) is 6.97. The van der Waals surface area contributed by atoms with E-state index in [-0.39, 0.29) is 30.0 Å². The molecule has 0 aromatic heterocycles. The highest BCUT2D eigenvalue weighted by atomic mass is 127. The van der Waals surface area contributed by atoms with Gasteiger partial charge in [-0.2, -0.15) is 0 Å². The van der Waals surface area contributed by atoms with Gasteiger partial charge in [0.2, 0.25) is 0 Å². The molecule has 6 nitrogen and oxygen atoms in total. The van der Waals surface area contributed by atoms with Gasteiger partial charge in [-0.25, -0.2) is 0 Å². The molecule has 154 valence electrons. The van der Waals surface area contributed by atoms with Crippen LogP contribution in [0.4, 0.5) is 0 Å². The number of rotatable bonds is 8. The molecule has 0 bridgehead atoms. The Morgan fingerprint density at radius 2 is 2.07 bits per heavy atom. The Morgan fingerprint density at radius 1 is 1.33 bits per heavy atom. The van der Waals surface area contributed by atoms with Gasteiger partial charge in [0, 0.05) is 38.2 Å². The zero-order valence-electron chi connectivity index (χ0n) is 17.3. The van der Waals surface area contributed by atoms with E-state index in [0.717, 1.165) is 44.4 Å². The first kappa shape index (κ1) is 24.0. The maximum absolute atomic E-state index is 5.56. The van der Waals surface area contributed by atoms with Crippen LogP contribution < -0.4 is 10.1 Å². The summed E-state index contributed by atoms with van der Waals surface area (Å²) in [5.74, 6) is 2.49. The molecule has 0 amide bonds. The van der Waals surface area contributed by atoms with Gasteiger partial charge in [-0.3, -0.25) is 4.99 Å². The largest absolute Gasteiger partial charge is 0.496 e. The number of nitrogens with one attached hydrogen (secondary N) is 1. The molecular formula is C20H35IN4O2. The Bertz CT molecular complexity index is 583. The first-order chi connectivity index (χ1) is 12.6. The molecule has 2 unspecified atom stereocenters. The number of halogens is 1. The summed E-state index contributed by atoms with van der Waals surface area (Å²) < 4.78 is 10.9. The lowest BCUT2D eigenvalue weighted by atomic mass is 10.0. The average Bonchev–Trinajstić information content (AvgIpc) is 3.10. The van der Waals surface area contributed by atoms with E-state index in [2.05, 4.69) is 48.3 Å². The summed E-state index contributed by atoms with van der Waals surface area (Å²) in [7, 11) is 7.67. The van der Waals surface area contributed by atoms with E-state index in [9.17, 15) is 0 Å². The van der Waals surface area contributed by atoms with Crippen molar-refractivity contribution >= 4 is 29.9 Å². The van der Waals surface area contributed by atoms with Crippen LogP contribution in [0.5, 0.6) is 5.75 Å². The van der Waals surface area contributed by atoms with E-state index in [1.165, 1.54) is 5.56 Å². The number of hydrogen-bond acceptors (Lipinski definition) is 4. The van der Waals surface area contributed by atoms with Gasteiger partial charge in [-0.15, -0.1) is 24.0 Å². The first-order valence-electron chi connectivity index (χ1n) is 9.42. The van der Waals surface area contributed by atoms with Crippen molar-refractivity contribution in [2.45, 2.75) is 19.4 Å². The van der Waals surface area contributed by atoms with Crippen molar-refractivity contribution < 1.29 is 9.47 Å². The molecule has 1 fully saturated rings. The van der Waals surface area contributed by atoms with Gasteiger partial charge >= 0.3 is 0 Å². The van der Waals surface area contributed by atoms with E-state index in [1.807, 2.05) is 12.1 Å². The molecule has 1 heterocycles. The number of guanidine groups is 1. The molecule has 2 rings (SSSR count). The van der Waals surface area contributed by atoms with Crippen LogP contribution in [0.2, 0.25) is 0 Å². The van der Waals surface area contributed by atoms with Crippen molar-refractivity contribution in [3.05, 3.63) is 29.8 Å². The minimum absolute atomic E-state index is 0. The summed E-state index contributed by atoms with van der Waals surface area (Å²) in [4.78, 5) is 9.50. The average molecular weight is 490 g/mol. The van der Waals surface area contributed by atoms with Crippen LogP contribution in [-0.4, -0.2) is 76.9 Å². The second kappa shape index (κ2) is 12.4. The highest BCUT2D eigenvalue weighted by Gasteiger charge is 2.25. The monoisotopic (exact) mass is 490 g/mol. The highest BCUT2D eigenvalue weighted by molar-refractivity contribution is 14.0. The van der Waals surface area contributed by atoms with Crippen LogP contribution in [0.15, 0.2) is 29.3 Å². The van der Waals surface area contributed by atoms with Crippen LogP contribution >= 0.6 is 24.0 Å². The van der Waals surface area contributed by atoms with Gasteiger partial charge in [0.25, 0.3) is 0 Å². The van der Waals surface area contributed by atoms with Crippen LogP contribution in [0.1, 0.15) is 24.9 Å². The smallest absolute Gasteiger partial charge is 0.193 e. The molecule has 1 aromatic rings. The predicted octanol–water partition coefficient (Wildman–Crippen LogP) is 2.85. The fraction of sp³-hybridized carbons (Fsp3) is 0.650. The fourth-order valence-corrected chi connectivity index (χ4v) is 3.48. The normalized spacial score (nSPS) is 18.4. The molecule has 0 radical (unpaired) electrons. The van der Waals surface area contributed by atoms with Crippen molar-refractivity contribution in [1.82, 2.24) is 15.1 Å². The zero-order chi connectivity index (χ0) is 18.9. The lowest BCUT2D eigenvalue weighted by Crippen LogP contribution is -2.41. The topological polar surface area (TPSA) is 49.3 Å². The third-order valence-electron chi connectivity index (χ3n) is 4.86. The Morgan fingerprint density at radius 3 is 2.70 bits per heavy atom. The number of methoxy groups -OCH3 is 2. The molecule has 1 N–H and O–H groups in total. The summed E-state index contributed by atoms with van der Waals surface area (Å²) >= 11 is 0. The van der Waals surface area contributed by atoms with Crippen LogP contribution in [0, 0.1) is 5.92 Å². The summed E-state index contributed by atoms with van der Waals surface area (Å²) in [5, 5.41) is 3.45. The van der Waals surface area contributed by atoms with Gasteiger partial charge in [0.1, 0.15) is 5.75 Å². The Labute approximate surface area is 181 Å². The van der Waals surface area contributed by atoms with Crippen LogP contribution in [-0.2, 0) is 4.74 Å². The third-order valence-corrected chi connectivity index (χ3v) is 4.86. The fourth-order valence-electron chi connectivity index (χ4n) is 3.48. The summed E-state index contributed by atoms with van der Waals surface area (Å²) in [6, 6.07) is 8.35. The van der Waals surface area contributed by atoms with Crippen molar-refractivity contribution in [2.75, 3.05) is 61.1 Å². The molecule has 0 spiro atoms. The van der Waals surface area contributed by atoms with Gasteiger partial charge in [-0.1, -0.05) is 18.2 Å². The number of hydrogen-bond donors (Lipinski definition) is 1. The van der Waals surface area contributed by atoms with E-state index in [1.54, 1.807) is 14.2 Å². The molecule has 1 aromatic carbocycles. The zero-order valence-corrected chi connectivity index (χ0v) is 19.6. The van der Waals surface area contributed by atoms with Gasteiger partial charge in [-0.05, 0) is 33.5 Å². The van der Waals surface area contributed by atoms with Crippen molar-refractivity contribution in [2.24, 2.45) is 10.9 Å². The molecule has 1 aliphatic heterocycles. The number of nitrogens with zero attached hydrogens (tertiary/aromatic N) is 3. The lowest BCUT2D eigenvalue weighted by molar-refractivity contribution is 0.157. The van der Waals surface area contributed by atoms with Crippen molar-refractivity contribution in [3.63, 3.8) is 0 Å². The van der Waals surface area contributed by atoms with E-state index in [0.29, 0.717) is 12.5 Å². The maximum Gasteiger partial charge on any atom is 0.193 e. The summed E-state index contributed by atoms with van der Waals surface area (Å²) in [6.45, 7) is 6.51. The molecule has 27 heavy (non-hydrogen) atoms. The molecule has 2 atom stereocenters. The number of likely N-dealkylation sites (tertiary alicyclic amines) is 1. The quantitative estimate of drug-likeness (QED) is 0.345. The number of ether oxygens (including phenoxy) is 2. The van der Waals surface area contributed by atoms with Crippen LogP contribution in [0.25, 0.3) is 0 Å². The standard InChI is InChI=1S/C20H34N4O2.HI/c1-6-21-20(24-12-11-16(14-24)15-25-4)22-13-18(23(2)3)17-9-7-8-10-19(17)26-5;/h7-10,16,18H,6,11-15H2,1-5H3,(H,21,22);1H. The molecule has 1 saturated heterocycles. The number of likely N-dealkylation sites (N-methyl/N-ethyl adjacent to an activating group) is 1. The molecule has 1 aliphatic rings. The summed E-state index contributed by atoms with van der Waals surface area (Å²) in [5.41, 5.74) is 1.17. The predicted molar refractivity (Wildman–Crippen MR) is 122 cm³/mol. The van der Waals surface area contributed by atoms with Gasteiger partial charge in [0.15, 0.2) is 5.96 Å². The molecule has 0 aliphatic carbocycles. The van der Waals surface area contributed by atoms with E-state index < -0.39 is 0 Å².